The van der Waals surface area contributed by atoms with E-state index in [0.717, 1.165) is 103 Å². The van der Waals surface area contributed by atoms with Gasteiger partial charge in [0.15, 0.2) is 24.3 Å². The van der Waals surface area contributed by atoms with E-state index in [2.05, 4.69) is 61.2 Å². The molecule has 16 heteroatoms. The molecular weight excluding hydrogens is 962 g/mol. The minimum absolute atomic E-state index is 0.00697. The number of alkyl carbamates (subject to hydrolysis) is 1. The van der Waals surface area contributed by atoms with Crippen LogP contribution in [0.15, 0.2) is 72.3 Å². The molecule has 1 saturated heterocycles. The Balaban J connectivity index is 0.802. The number of ketones is 2. The summed E-state index contributed by atoms with van der Waals surface area (Å²) in [5.41, 5.74) is 1.50. The number of allylic oxidation sites excluding steroid dienone is 4. The zero-order valence-electron chi connectivity index (χ0n) is 44.4. The summed E-state index contributed by atoms with van der Waals surface area (Å²) in [6.45, 7) is 7.37. The van der Waals surface area contributed by atoms with E-state index in [1.165, 1.54) is 23.6 Å². The van der Waals surface area contributed by atoms with Crippen molar-refractivity contribution in [1.29, 1.82) is 0 Å². The molecule has 1 aliphatic heterocycles. The quantitative estimate of drug-likeness (QED) is 0.0340. The fourth-order valence-electron chi connectivity index (χ4n) is 13.6. The number of fused-ring (bicyclic) bond motifs is 7. The lowest BCUT2D eigenvalue weighted by Gasteiger charge is -2.58. The first kappa shape index (κ1) is 56.4. The van der Waals surface area contributed by atoms with Crippen molar-refractivity contribution in [1.82, 2.24) is 10.6 Å². The molecule has 8 rings (SSSR count). The Morgan fingerprint density at radius 1 is 0.946 bits per heavy atom. The number of phosphoric acid groups is 1. The SMILES string of the molecule is C[C@]12C=CC(=O)C=C1CC[C@@H]1[C@@H]2[CH]C[C@@]2(C)[C@H]1C[C@H]1O[C@@H](C3CCCCC3)O[C@]12C(=O)COC(=O)NCC[N+](C)(C)Cc1cc(C(O)CNCCCCCCOCCCCc2ccccc2)ccc1OP(=O)(O)O. The van der Waals surface area contributed by atoms with Crippen LogP contribution in [0.2, 0.25) is 0 Å². The van der Waals surface area contributed by atoms with E-state index < -0.39 is 50.0 Å². The topological polar surface area (TPSA) is 199 Å². The molecule has 4 saturated carbocycles. The Bertz CT molecular complexity index is 2350. The first-order valence-corrected chi connectivity index (χ1v) is 29.2. The third-order valence-electron chi connectivity index (χ3n) is 17.6. The molecule has 9 atom stereocenters. The highest BCUT2D eigenvalue weighted by molar-refractivity contribution is 7.46. The van der Waals surface area contributed by atoms with Crippen LogP contribution in [0.1, 0.15) is 133 Å². The van der Waals surface area contributed by atoms with Gasteiger partial charge >= 0.3 is 13.9 Å². The number of quaternary nitrogens is 1. The number of hydrogen-bond acceptors (Lipinski definition) is 11. The van der Waals surface area contributed by atoms with Crippen LogP contribution >= 0.6 is 7.82 Å². The second kappa shape index (κ2) is 24.7. The van der Waals surface area contributed by atoms with Gasteiger partial charge in [0, 0.05) is 42.1 Å². The third-order valence-corrected chi connectivity index (χ3v) is 18.1. The maximum absolute atomic E-state index is 14.9. The second-order valence-electron chi connectivity index (χ2n) is 23.2. The maximum Gasteiger partial charge on any atom is 0.524 e. The number of hydrogen-bond donors (Lipinski definition) is 5. The van der Waals surface area contributed by atoms with Gasteiger partial charge in [0.25, 0.3) is 0 Å². The molecular formula is C58H84N3O12P+. The highest BCUT2D eigenvalue weighted by Gasteiger charge is 2.75. The summed E-state index contributed by atoms with van der Waals surface area (Å²) in [6, 6.07) is 15.3. The molecule has 1 amide bonds. The number of aryl methyl sites for hydroxylation is 1. The molecule has 2 aromatic rings. The smallest absolute Gasteiger partial charge is 0.441 e. The van der Waals surface area contributed by atoms with E-state index in [1.807, 2.05) is 26.2 Å². The Kier molecular flexibility index (Phi) is 18.8. The fraction of sp³-hybridized carbons (Fsp3) is 0.655. The Morgan fingerprint density at radius 2 is 1.70 bits per heavy atom. The fourth-order valence-corrected chi connectivity index (χ4v) is 14.1. The lowest BCUT2D eigenvalue weighted by molar-refractivity contribution is -0.902. The molecule has 5 aliphatic carbocycles. The molecule has 407 valence electrons. The van der Waals surface area contributed by atoms with Crippen molar-refractivity contribution >= 4 is 25.5 Å². The monoisotopic (exact) mass is 1050 g/mol. The van der Waals surface area contributed by atoms with Crippen LogP contribution in [-0.2, 0) is 46.1 Å². The van der Waals surface area contributed by atoms with Crippen LogP contribution in [-0.4, -0.2) is 115 Å². The van der Waals surface area contributed by atoms with Crippen LogP contribution in [0, 0.1) is 40.9 Å². The van der Waals surface area contributed by atoms with Gasteiger partial charge in [-0.25, -0.2) is 9.36 Å². The first-order valence-electron chi connectivity index (χ1n) is 27.7. The number of ether oxygens (including phenoxy) is 4. The summed E-state index contributed by atoms with van der Waals surface area (Å²) in [7, 11) is -1.07. The Hall–Kier alpha value is -3.76. The van der Waals surface area contributed by atoms with Gasteiger partial charge in [-0.05, 0) is 137 Å². The molecule has 15 nitrogen and oxygen atoms in total. The molecule has 2 aromatic carbocycles. The van der Waals surface area contributed by atoms with Crippen LogP contribution in [0.5, 0.6) is 5.75 Å². The molecule has 74 heavy (non-hydrogen) atoms. The van der Waals surface area contributed by atoms with Gasteiger partial charge in [0.05, 0.1) is 39.4 Å². The summed E-state index contributed by atoms with van der Waals surface area (Å²) in [4.78, 5) is 60.2. The summed E-state index contributed by atoms with van der Waals surface area (Å²) in [5.74, 6) is 0.594. The van der Waals surface area contributed by atoms with Crippen LogP contribution in [0.4, 0.5) is 4.79 Å². The number of rotatable bonds is 26. The van der Waals surface area contributed by atoms with Gasteiger partial charge < -0.3 is 43.7 Å². The summed E-state index contributed by atoms with van der Waals surface area (Å²) < 4.78 is 42.8. The predicted octanol–water partition coefficient (Wildman–Crippen LogP) is 9.05. The largest absolute Gasteiger partial charge is 0.524 e. The van der Waals surface area contributed by atoms with Crippen molar-refractivity contribution in [3.63, 3.8) is 0 Å². The van der Waals surface area contributed by atoms with Gasteiger partial charge in [0.1, 0.15) is 12.3 Å². The Morgan fingerprint density at radius 3 is 2.47 bits per heavy atom. The molecule has 0 bridgehead atoms. The highest BCUT2D eigenvalue weighted by Crippen LogP contribution is 2.70. The molecule has 0 spiro atoms. The van der Waals surface area contributed by atoms with E-state index in [1.54, 1.807) is 18.2 Å². The number of carbonyl (C=O) groups excluding carboxylic acids is 3. The van der Waals surface area contributed by atoms with E-state index >= 15 is 0 Å². The minimum atomic E-state index is -4.90. The number of nitrogens with zero attached hydrogens (tertiary/aromatic N) is 1. The molecule has 1 radical (unpaired) electrons. The van der Waals surface area contributed by atoms with E-state index in [0.29, 0.717) is 37.1 Å². The number of unbranched alkanes of at least 4 members (excludes halogenated alkanes) is 4. The zero-order valence-corrected chi connectivity index (χ0v) is 45.2. The molecule has 6 aliphatic rings. The number of aliphatic hydroxyl groups excluding tert-OH is 1. The van der Waals surface area contributed by atoms with Crippen molar-refractivity contribution in [2.75, 3.05) is 60.1 Å². The zero-order chi connectivity index (χ0) is 52.6. The molecule has 5 fully saturated rings. The molecule has 1 heterocycles. The van der Waals surface area contributed by atoms with Crippen molar-refractivity contribution < 1.29 is 61.8 Å². The Labute approximate surface area is 439 Å². The van der Waals surface area contributed by atoms with Crippen LogP contribution in [0.25, 0.3) is 0 Å². The van der Waals surface area contributed by atoms with Gasteiger partial charge in [-0.15, -0.1) is 0 Å². The number of carbonyl (C=O) groups is 3. The number of aliphatic hydroxyl groups is 1. The number of Topliss-reactive ketones (excluding diaryl/α,β-unsaturated/α-hetero) is 1. The van der Waals surface area contributed by atoms with Crippen LogP contribution < -0.4 is 15.2 Å². The van der Waals surface area contributed by atoms with E-state index in [-0.39, 0.29) is 64.0 Å². The number of nitrogens with one attached hydrogen (secondary N) is 2. The first-order chi connectivity index (χ1) is 35.4. The summed E-state index contributed by atoms with van der Waals surface area (Å²) in [6.07, 6.45) is 21.2. The normalized spacial score (nSPS) is 29.1. The average Bonchev–Trinajstić information content (AvgIpc) is 3.88. The summed E-state index contributed by atoms with van der Waals surface area (Å²) in [5, 5.41) is 17.3. The molecule has 1 unspecified atom stereocenters. The lowest BCUT2D eigenvalue weighted by Crippen LogP contribution is -2.61. The lowest BCUT2D eigenvalue weighted by atomic mass is 9.47. The van der Waals surface area contributed by atoms with Crippen LogP contribution in [0.3, 0.4) is 0 Å². The standard InChI is InChI=1S/C58H83N3O12P/c1-56-28-26-46(62)36-45(56)23-24-47-48(56)27-29-57(2)49(47)37-53-58(57,72-54(71-53)42-20-11-8-12-21-42)52(64)40-70-55(65)60-31-32-61(3,4)39-44-35-43(22-25-51(44)73-74(66,67)68)50(63)38-59-30-14-5-6-15-33-69-34-16-13-19-41-17-9-7-10-18-41/h7,9-10,17-18,22,25-28,35-36,42,47-50,53-54,59,63H,5-6,8,11-16,19-21,23-24,29-34,37-40H2,1-4H3,(H2-,60,65,66,67,68)/p+1/t47-,48+,49+,50?,53-,54-,56+,57+,58-/m1/s1. The van der Waals surface area contributed by atoms with Crippen molar-refractivity contribution in [3.8, 4) is 5.75 Å². The average molecular weight is 1050 g/mol. The second-order valence-corrected chi connectivity index (χ2v) is 24.4. The van der Waals surface area contributed by atoms with Gasteiger partial charge in [-0.2, -0.15) is 0 Å². The van der Waals surface area contributed by atoms with Crippen molar-refractivity contribution in [2.24, 2.45) is 34.5 Å². The summed E-state index contributed by atoms with van der Waals surface area (Å²) >= 11 is 0. The van der Waals surface area contributed by atoms with Crippen molar-refractivity contribution in [2.45, 2.75) is 147 Å². The van der Waals surface area contributed by atoms with E-state index in [9.17, 15) is 33.8 Å². The van der Waals surface area contributed by atoms with Crippen molar-refractivity contribution in [3.05, 3.63) is 95.4 Å². The number of amides is 1. The number of phosphoric ester groups is 1. The maximum atomic E-state index is 14.9. The molecule has 5 N–H and O–H groups in total. The van der Waals surface area contributed by atoms with Gasteiger partial charge in [-0.1, -0.05) is 94.0 Å². The number of benzene rings is 2. The third kappa shape index (κ3) is 13.3. The highest BCUT2D eigenvalue weighted by atomic mass is 31.2. The van der Waals surface area contributed by atoms with E-state index in [4.69, 9.17) is 23.5 Å². The predicted molar refractivity (Wildman–Crippen MR) is 281 cm³/mol. The van der Waals surface area contributed by atoms with Gasteiger partial charge in [0.2, 0.25) is 5.78 Å². The van der Waals surface area contributed by atoms with Gasteiger partial charge in [-0.3, -0.25) is 19.4 Å². The number of likely N-dealkylation sites (N-methyl/N-ethyl adjacent to an activating group) is 1. The minimum Gasteiger partial charge on any atom is -0.441 e. The molecule has 0 aromatic heterocycles.